The Kier molecular flexibility index (Phi) is 4.85. The molecule has 1 aromatic rings. The second-order valence-corrected chi connectivity index (χ2v) is 3.63. The molecule has 1 aromatic heterocycles. The van der Waals surface area contributed by atoms with Crippen molar-refractivity contribution in [3.63, 3.8) is 0 Å². The standard InChI is InChI=1S/C11H10F5NO3/c1-19-7-3-6(10(12)13)5(4-8(18)20-2)9(17-7)11(14,15)16/h3,10H,4H2,1-2H3. The van der Waals surface area contributed by atoms with E-state index < -0.39 is 47.7 Å². The zero-order valence-electron chi connectivity index (χ0n) is 10.4. The molecule has 0 aliphatic carbocycles. The maximum Gasteiger partial charge on any atom is 0.433 e. The van der Waals surface area contributed by atoms with E-state index in [0.717, 1.165) is 14.2 Å². The second-order valence-electron chi connectivity index (χ2n) is 3.63. The molecule has 0 unspecified atom stereocenters. The lowest BCUT2D eigenvalue weighted by molar-refractivity contribution is -0.143. The van der Waals surface area contributed by atoms with Gasteiger partial charge >= 0.3 is 12.1 Å². The summed E-state index contributed by atoms with van der Waals surface area (Å²) >= 11 is 0. The number of methoxy groups -OCH3 is 2. The summed E-state index contributed by atoms with van der Waals surface area (Å²) in [4.78, 5) is 14.2. The Bertz CT molecular complexity index is 502. The first-order chi connectivity index (χ1) is 9.20. The molecule has 0 saturated heterocycles. The SMILES string of the molecule is COC(=O)Cc1c(C(F)F)cc(OC)nc1C(F)(F)F. The average molecular weight is 299 g/mol. The number of nitrogens with zero attached hydrogens (tertiary/aromatic N) is 1. The zero-order chi connectivity index (χ0) is 15.5. The van der Waals surface area contributed by atoms with Crippen LogP contribution in [0.4, 0.5) is 22.0 Å². The van der Waals surface area contributed by atoms with Crippen LogP contribution in [-0.2, 0) is 22.1 Å². The molecule has 0 atom stereocenters. The largest absolute Gasteiger partial charge is 0.481 e. The van der Waals surface area contributed by atoms with E-state index >= 15 is 0 Å². The number of esters is 1. The van der Waals surface area contributed by atoms with Gasteiger partial charge in [0.05, 0.1) is 20.6 Å². The average Bonchev–Trinajstić information content (AvgIpc) is 2.36. The van der Waals surface area contributed by atoms with Crippen molar-refractivity contribution >= 4 is 5.97 Å². The third-order valence-electron chi connectivity index (χ3n) is 2.40. The summed E-state index contributed by atoms with van der Waals surface area (Å²) in [6.07, 6.45) is -9.17. The molecule has 4 nitrogen and oxygen atoms in total. The predicted molar refractivity (Wildman–Crippen MR) is 56.5 cm³/mol. The van der Waals surface area contributed by atoms with Crippen LogP contribution in [0.15, 0.2) is 6.07 Å². The topological polar surface area (TPSA) is 48.4 Å². The Morgan fingerprint density at radius 1 is 1.35 bits per heavy atom. The summed E-state index contributed by atoms with van der Waals surface area (Å²) in [5, 5.41) is 0. The molecule has 1 heterocycles. The summed E-state index contributed by atoms with van der Waals surface area (Å²) in [7, 11) is 1.94. The summed E-state index contributed by atoms with van der Waals surface area (Å²) in [6.45, 7) is 0. The number of hydrogen-bond donors (Lipinski definition) is 0. The van der Waals surface area contributed by atoms with Gasteiger partial charge in [0.25, 0.3) is 6.43 Å². The fourth-order valence-corrected chi connectivity index (χ4v) is 1.50. The molecule has 0 aromatic carbocycles. The van der Waals surface area contributed by atoms with Crippen molar-refractivity contribution in [2.45, 2.75) is 19.0 Å². The number of pyridine rings is 1. The van der Waals surface area contributed by atoms with Crippen LogP contribution in [0.3, 0.4) is 0 Å². The van der Waals surface area contributed by atoms with Gasteiger partial charge in [-0.25, -0.2) is 13.8 Å². The van der Waals surface area contributed by atoms with E-state index in [1.165, 1.54) is 0 Å². The van der Waals surface area contributed by atoms with E-state index in [1.54, 1.807) is 0 Å². The van der Waals surface area contributed by atoms with Gasteiger partial charge in [-0.3, -0.25) is 4.79 Å². The van der Waals surface area contributed by atoms with E-state index in [0.29, 0.717) is 6.07 Å². The predicted octanol–water partition coefficient (Wildman–Crippen LogP) is 2.76. The number of alkyl halides is 5. The van der Waals surface area contributed by atoms with E-state index in [-0.39, 0.29) is 0 Å². The number of carbonyl (C=O) groups is 1. The molecule has 0 N–H and O–H groups in total. The highest BCUT2D eigenvalue weighted by molar-refractivity contribution is 5.73. The zero-order valence-corrected chi connectivity index (χ0v) is 10.4. The fraction of sp³-hybridized carbons (Fsp3) is 0.455. The molecule has 0 aliphatic rings. The van der Waals surface area contributed by atoms with Gasteiger partial charge in [-0.1, -0.05) is 0 Å². The van der Waals surface area contributed by atoms with Gasteiger partial charge in [-0.15, -0.1) is 0 Å². The lowest BCUT2D eigenvalue weighted by Gasteiger charge is -2.16. The molecular formula is C11H10F5NO3. The molecule has 1 rings (SSSR count). The van der Waals surface area contributed by atoms with Gasteiger partial charge in [0.15, 0.2) is 5.69 Å². The summed E-state index contributed by atoms with van der Waals surface area (Å²) in [5.74, 6) is -1.69. The van der Waals surface area contributed by atoms with Crippen molar-refractivity contribution in [2.75, 3.05) is 14.2 Å². The molecule has 0 aliphatic heterocycles. The van der Waals surface area contributed by atoms with Crippen molar-refractivity contribution < 1.29 is 36.2 Å². The minimum absolute atomic E-state index is 0.610. The highest BCUT2D eigenvalue weighted by Gasteiger charge is 2.39. The Hall–Kier alpha value is -1.93. The van der Waals surface area contributed by atoms with Crippen molar-refractivity contribution in [2.24, 2.45) is 0 Å². The van der Waals surface area contributed by atoms with Gasteiger partial charge in [0, 0.05) is 17.2 Å². The van der Waals surface area contributed by atoms with Crippen LogP contribution in [0.1, 0.15) is 23.2 Å². The van der Waals surface area contributed by atoms with Crippen molar-refractivity contribution in [1.29, 1.82) is 0 Å². The molecule has 0 fully saturated rings. The van der Waals surface area contributed by atoms with Crippen LogP contribution in [-0.4, -0.2) is 25.2 Å². The van der Waals surface area contributed by atoms with Crippen LogP contribution in [0.25, 0.3) is 0 Å². The minimum Gasteiger partial charge on any atom is -0.481 e. The third kappa shape index (κ3) is 3.55. The molecular weight excluding hydrogens is 289 g/mol. The van der Waals surface area contributed by atoms with E-state index in [4.69, 9.17) is 0 Å². The number of hydrogen-bond acceptors (Lipinski definition) is 4. The number of halogens is 5. The quantitative estimate of drug-likeness (QED) is 0.633. The molecule has 0 radical (unpaired) electrons. The Morgan fingerprint density at radius 3 is 2.35 bits per heavy atom. The fourth-order valence-electron chi connectivity index (χ4n) is 1.50. The number of aromatic nitrogens is 1. The highest BCUT2D eigenvalue weighted by atomic mass is 19.4. The number of carbonyl (C=O) groups excluding carboxylic acids is 1. The van der Waals surface area contributed by atoms with E-state index in [1.807, 2.05) is 0 Å². The first kappa shape index (κ1) is 16.1. The van der Waals surface area contributed by atoms with Crippen molar-refractivity contribution in [1.82, 2.24) is 4.98 Å². The normalized spacial score (nSPS) is 11.6. The maximum absolute atomic E-state index is 12.9. The smallest absolute Gasteiger partial charge is 0.433 e. The van der Waals surface area contributed by atoms with Gasteiger partial charge < -0.3 is 9.47 Å². The molecule has 0 bridgehead atoms. The van der Waals surface area contributed by atoms with Gasteiger partial charge in [0.2, 0.25) is 5.88 Å². The van der Waals surface area contributed by atoms with E-state index in [9.17, 15) is 26.7 Å². The van der Waals surface area contributed by atoms with Crippen molar-refractivity contribution in [3.05, 3.63) is 22.9 Å². The summed E-state index contributed by atoms with van der Waals surface area (Å²) in [6, 6.07) is 0.665. The van der Waals surface area contributed by atoms with Crippen LogP contribution >= 0.6 is 0 Å². The molecule has 0 spiro atoms. The first-order valence-electron chi connectivity index (χ1n) is 5.20. The van der Waals surface area contributed by atoms with Crippen LogP contribution in [0.2, 0.25) is 0 Å². The second kappa shape index (κ2) is 6.02. The van der Waals surface area contributed by atoms with Crippen LogP contribution in [0, 0.1) is 0 Å². The monoisotopic (exact) mass is 299 g/mol. The maximum atomic E-state index is 12.9. The highest BCUT2D eigenvalue weighted by Crippen LogP contribution is 2.37. The van der Waals surface area contributed by atoms with Gasteiger partial charge in [-0.05, 0) is 0 Å². The molecule has 20 heavy (non-hydrogen) atoms. The Labute approximate surface area is 110 Å². The Morgan fingerprint density at radius 2 is 1.95 bits per heavy atom. The molecule has 9 heteroatoms. The molecule has 0 saturated carbocycles. The first-order valence-corrected chi connectivity index (χ1v) is 5.20. The Balaban J connectivity index is 3.52. The van der Waals surface area contributed by atoms with Gasteiger partial charge in [0.1, 0.15) is 0 Å². The third-order valence-corrected chi connectivity index (χ3v) is 2.40. The van der Waals surface area contributed by atoms with Crippen LogP contribution in [0.5, 0.6) is 5.88 Å². The lowest BCUT2D eigenvalue weighted by atomic mass is 10.0. The molecule has 0 amide bonds. The summed E-state index contributed by atoms with van der Waals surface area (Å²) < 4.78 is 72.9. The number of rotatable bonds is 4. The van der Waals surface area contributed by atoms with E-state index in [2.05, 4.69) is 14.5 Å². The van der Waals surface area contributed by atoms with Crippen LogP contribution < -0.4 is 4.74 Å². The number of ether oxygens (including phenoxy) is 2. The summed E-state index contributed by atoms with van der Waals surface area (Å²) in [5.41, 5.74) is -3.47. The van der Waals surface area contributed by atoms with Crippen molar-refractivity contribution in [3.8, 4) is 5.88 Å². The lowest BCUT2D eigenvalue weighted by Crippen LogP contribution is -2.18. The minimum atomic E-state index is -5.00. The molecule has 112 valence electrons. The van der Waals surface area contributed by atoms with Gasteiger partial charge in [-0.2, -0.15) is 13.2 Å².